The second kappa shape index (κ2) is 5.65. The summed E-state index contributed by atoms with van der Waals surface area (Å²) >= 11 is 0. The Morgan fingerprint density at radius 1 is 1.12 bits per heavy atom. The van der Waals surface area contributed by atoms with Crippen molar-refractivity contribution >= 4 is 23.3 Å². The van der Waals surface area contributed by atoms with Gasteiger partial charge in [0.25, 0.3) is 17.5 Å². The van der Waals surface area contributed by atoms with Crippen molar-refractivity contribution in [3.8, 4) is 0 Å². The second-order valence-corrected chi connectivity index (χ2v) is 5.09. The zero-order chi connectivity index (χ0) is 17.4. The van der Waals surface area contributed by atoms with Crippen LogP contribution in [-0.4, -0.2) is 34.0 Å². The number of benzene rings is 2. The molecule has 1 heterocycles. The number of hydrogen-bond donors (Lipinski definition) is 0. The molecule has 0 spiro atoms. The van der Waals surface area contributed by atoms with Crippen LogP contribution in [0.25, 0.3) is 0 Å². The van der Waals surface area contributed by atoms with Gasteiger partial charge in [-0.1, -0.05) is 18.2 Å². The summed E-state index contributed by atoms with van der Waals surface area (Å²) in [6.45, 7) is -0.618. The molecule has 1 aliphatic rings. The molecule has 0 saturated heterocycles. The van der Waals surface area contributed by atoms with Gasteiger partial charge in [0.15, 0.2) is 5.78 Å². The second-order valence-electron chi connectivity index (χ2n) is 5.09. The third kappa shape index (κ3) is 2.43. The lowest BCUT2D eigenvalue weighted by molar-refractivity contribution is -0.385. The molecule has 7 nitrogen and oxygen atoms in total. The lowest BCUT2D eigenvalue weighted by atomic mass is 10.1. The molecule has 8 heteroatoms. The van der Waals surface area contributed by atoms with Gasteiger partial charge in [0.1, 0.15) is 11.4 Å². The Morgan fingerprint density at radius 2 is 1.83 bits per heavy atom. The summed E-state index contributed by atoms with van der Waals surface area (Å²) in [4.78, 5) is 47.7. The first-order valence-corrected chi connectivity index (χ1v) is 6.82. The van der Waals surface area contributed by atoms with Crippen molar-refractivity contribution in [2.24, 2.45) is 0 Å². The van der Waals surface area contributed by atoms with Crippen molar-refractivity contribution in [1.82, 2.24) is 4.90 Å². The Labute approximate surface area is 134 Å². The fraction of sp³-hybridized carbons (Fsp3) is 0.0625. The molecule has 1 aliphatic heterocycles. The maximum Gasteiger partial charge on any atom is 0.282 e. The van der Waals surface area contributed by atoms with Gasteiger partial charge >= 0.3 is 0 Å². The Bertz CT molecular complexity index is 909. The van der Waals surface area contributed by atoms with E-state index in [2.05, 4.69) is 0 Å². The Balaban J connectivity index is 1.93. The van der Waals surface area contributed by atoms with Crippen molar-refractivity contribution in [3.05, 3.63) is 75.1 Å². The summed E-state index contributed by atoms with van der Waals surface area (Å²) < 4.78 is 13.2. The largest absolute Gasteiger partial charge is 0.292 e. The number of ketones is 1. The van der Waals surface area contributed by atoms with E-state index in [0.717, 1.165) is 18.2 Å². The number of hydrogen-bond acceptors (Lipinski definition) is 5. The third-order valence-corrected chi connectivity index (χ3v) is 3.62. The van der Waals surface area contributed by atoms with Crippen LogP contribution in [0.3, 0.4) is 0 Å². The number of rotatable bonds is 4. The Hall–Kier alpha value is -3.42. The molecule has 2 aromatic carbocycles. The number of halogens is 1. The molecule has 0 N–H and O–H groups in total. The lowest BCUT2D eigenvalue weighted by Crippen LogP contribution is -2.35. The standard InChI is InChI=1S/C16H9FN2O5/c17-10-4-1-3-9(7-10)13(20)8-18-15(21)11-5-2-6-12(19(23)24)14(11)16(18)22/h1-7H,8H2. The SMILES string of the molecule is O=C(CN1C(=O)c2cccc([N+](=O)[O-])c2C1=O)c1cccc(F)c1. The molecule has 0 aliphatic carbocycles. The fourth-order valence-electron chi connectivity index (χ4n) is 2.51. The monoisotopic (exact) mass is 328 g/mol. The summed E-state index contributed by atoms with van der Waals surface area (Å²) in [5.74, 6) is -2.97. The van der Waals surface area contributed by atoms with E-state index in [9.17, 15) is 28.9 Å². The highest BCUT2D eigenvalue weighted by Gasteiger charge is 2.41. The molecule has 2 amide bonds. The maximum absolute atomic E-state index is 13.2. The van der Waals surface area contributed by atoms with Crippen LogP contribution >= 0.6 is 0 Å². The van der Waals surface area contributed by atoms with Gasteiger partial charge in [0.2, 0.25) is 0 Å². The number of carbonyl (C=O) groups excluding carboxylic acids is 3. The number of nitro benzene ring substituents is 1. The zero-order valence-electron chi connectivity index (χ0n) is 12.1. The predicted octanol–water partition coefficient (Wildman–Crippen LogP) is 2.21. The van der Waals surface area contributed by atoms with E-state index in [4.69, 9.17) is 0 Å². The van der Waals surface area contributed by atoms with Crippen molar-refractivity contribution in [2.75, 3.05) is 6.54 Å². The molecule has 0 fully saturated rings. The van der Waals surface area contributed by atoms with Crippen LogP contribution in [0.5, 0.6) is 0 Å². The Morgan fingerprint density at radius 3 is 2.50 bits per heavy atom. The van der Waals surface area contributed by atoms with Gasteiger partial charge in [-0.15, -0.1) is 0 Å². The van der Waals surface area contributed by atoms with E-state index in [1.54, 1.807) is 0 Å². The van der Waals surface area contributed by atoms with Crippen LogP contribution in [0.4, 0.5) is 10.1 Å². The smallest absolute Gasteiger partial charge is 0.282 e. The van der Waals surface area contributed by atoms with Gasteiger partial charge < -0.3 is 0 Å². The minimum atomic E-state index is -0.910. The van der Waals surface area contributed by atoms with E-state index < -0.39 is 40.6 Å². The fourth-order valence-corrected chi connectivity index (χ4v) is 2.51. The zero-order valence-corrected chi connectivity index (χ0v) is 12.1. The average molecular weight is 328 g/mol. The highest BCUT2D eigenvalue weighted by Crippen LogP contribution is 2.30. The molecule has 2 aromatic rings. The van der Waals surface area contributed by atoms with Crippen LogP contribution < -0.4 is 0 Å². The molecular formula is C16H9FN2O5. The molecule has 0 aromatic heterocycles. The first-order chi connectivity index (χ1) is 11.4. The predicted molar refractivity (Wildman–Crippen MR) is 79.2 cm³/mol. The highest BCUT2D eigenvalue weighted by molar-refractivity contribution is 6.24. The topological polar surface area (TPSA) is 97.6 Å². The van der Waals surface area contributed by atoms with E-state index in [0.29, 0.717) is 4.90 Å². The quantitative estimate of drug-likeness (QED) is 0.371. The molecule has 0 bridgehead atoms. The molecule has 120 valence electrons. The number of nitrogens with zero attached hydrogens (tertiary/aromatic N) is 2. The van der Waals surface area contributed by atoms with Gasteiger partial charge in [0.05, 0.1) is 17.0 Å². The van der Waals surface area contributed by atoms with Gasteiger partial charge in [0, 0.05) is 11.6 Å². The first kappa shape index (κ1) is 15.5. The number of nitro groups is 1. The number of fused-ring (bicyclic) bond motifs is 1. The van der Waals surface area contributed by atoms with Crippen LogP contribution in [-0.2, 0) is 0 Å². The van der Waals surface area contributed by atoms with Crippen LogP contribution in [0.2, 0.25) is 0 Å². The van der Waals surface area contributed by atoms with Gasteiger partial charge in [-0.25, -0.2) is 4.39 Å². The van der Waals surface area contributed by atoms with Crippen molar-refractivity contribution in [2.45, 2.75) is 0 Å². The van der Waals surface area contributed by atoms with Crippen molar-refractivity contribution < 1.29 is 23.7 Å². The van der Waals surface area contributed by atoms with E-state index >= 15 is 0 Å². The summed E-state index contributed by atoms with van der Waals surface area (Å²) in [6, 6.07) is 8.52. The Kier molecular flexibility index (Phi) is 3.64. The van der Waals surface area contributed by atoms with Crippen LogP contribution in [0.1, 0.15) is 31.1 Å². The number of carbonyl (C=O) groups is 3. The molecule has 0 unspecified atom stereocenters. The van der Waals surface area contributed by atoms with E-state index in [-0.39, 0.29) is 16.7 Å². The van der Waals surface area contributed by atoms with Gasteiger partial charge in [-0.2, -0.15) is 0 Å². The van der Waals surface area contributed by atoms with Gasteiger partial charge in [-0.3, -0.25) is 29.4 Å². The third-order valence-electron chi connectivity index (χ3n) is 3.62. The molecule has 0 saturated carbocycles. The van der Waals surface area contributed by atoms with Gasteiger partial charge in [-0.05, 0) is 18.2 Å². The molecular weight excluding hydrogens is 319 g/mol. The molecule has 0 radical (unpaired) electrons. The van der Waals surface area contributed by atoms with E-state index in [1.165, 1.54) is 24.3 Å². The number of Topliss-reactive ketones (excluding diaryl/α,β-unsaturated/α-hetero) is 1. The van der Waals surface area contributed by atoms with Crippen molar-refractivity contribution in [3.63, 3.8) is 0 Å². The van der Waals surface area contributed by atoms with Crippen molar-refractivity contribution in [1.29, 1.82) is 0 Å². The maximum atomic E-state index is 13.2. The summed E-state index contributed by atoms with van der Waals surface area (Å²) in [6.07, 6.45) is 0. The minimum absolute atomic E-state index is 0.000978. The van der Waals surface area contributed by atoms with E-state index in [1.807, 2.05) is 0 Å². The normalized spacial score (nSPS) is 13.1. The molecule has 24 heavy (non-hydrogen) atoms. The number of amides is 2. The highest BCUT2D eigenvalue weighted by atomic mass is 19.1. The average Bonchev–Trinajstić information content (AvgIpc) is 2.80. The minimum Gasteiger partial charge on any atom is -0.292 e. The number of imide groups is 1. The first-order valence-electron chi connectivity index (χ1n) is 6.82. The molecule has 0 atom stereocenters. The molecule has 3 rings (SSSR count). The lowest BCUT2D eigenvalue weighted by Gasteiger charge is -2.12. The summed E-state index contributed by atoms with van der Waals surface area (Å²) in [7, 11) is 0. The van der Waals surface area contributed by atoms with Crippen LogP contribution in [0.15, 0.2) is 42.5 Å². The summed E-state index contributed by atoms with van der Waals surface area (Å²) in [5, 5.41) is 11.0. The van der Waals surface area contributed by atoms with Crippen LogP contribution in [0, 0.1) is 15.9 Å². The summed E-state index contributed by atoms with van der Waals surface area (Å²) in [5.41, 5.74) is -0.951.